The number of nitrogens with zero attached hydrogens (tertiary/aromatic N) is 1. The van der Waals surface area contributed by atoms with Crippen LogP contribution in [-0.4, -0.2) is 15.9 Å². The summed E-state index contributed by atoms with van der Waals surface area (Å²) in [5.74, 6) is -0.122. The molecule has 0 radical (unpaired) electrons. The third-order valence-electron chi connectivity index (χ3n) is 3.24. The van der Waals surface area contributed by atoms with E-state index >= 15 is 0 Å². The lowest BCUT2D eigenvalue weighted by atomic mass is 9.85. The molecule has 0 saturated heterocycles. The minimum absolute atomic E-state index is 0.156. The molecule has 7 heteroatoms. The van der Waals surface area contributed by atoms with Crippen LogP contribution in [0.15, 0.2) is 21.6 Å². The average Bonchev–Trinajstić information content (AvgIpc) is 2.84. The summed E-state index contributed by atoms with van der Waals surface area (Å²) < 4.78 is 0. The molecular weight excluding hydrogens is 310 g/mol. The highest BCUT2D eigenvalue weighted by Gasteiger charge is 2.32. The van der Waals surface area contributed by atoms with Crippen LogP contribution in [0.3, 0.4) is 0 Å². The van der Waals surface area contributed by atoms with Crippen LogP contribution in [-0.2, 0) is 16.6 Å². The molecule has 0 saturated carbocycles. The zero-order chi connectivity index (χ0) is 15.6. The number of amides is 1. The second-order valence-electron chi connectivity index (χ2n) is 5.15. The van der Waals surface area contributed by atoms with Gasteiger partial charge in [0.1, 0.15) is 0 Å². The smallest absolute Gasteiger partial charge is 0.252 e. The molecule has 1 amide bonds. The molecule has 2 heterocycles. The van der Waals surface area contributed by atoms with Gasteiger partial charge < -0.3 is 0 Å². The Bertz CT molecular complexity index is 721. The van der Waals surface area contributed by atoms with Crippen LogP contribution in [0.5, 0.6) is 0 Å². The average molecular weight is 326 g/mol. The van der Waals surface area contributed by atoms with Gasteiger partial charge in [-0.05, 0) is 31.2 Å². The van der Waals surface area contributed by atoms with Crippen molar-refractivity contribution < 1.29 is 4.79 Å². The molecule has 2 aromatic rings. The maximum atomic E-state index is 12.5. The molecule has 0 aliphatic carbocycles. The second kappa shape index (κ2) is 5.99. The number of carbonyl (C=O) groups excluding carboxylic acids is 1. The SMILES string of the molecule is CCc1cc(=O)[nH]c(NC(=O)C(C)(C)c2cscc2Cl)n1. The molecule has 5 nitrogen and oxygen atoms in total. The van der Waals surface area contributed by atoms with Gasteiger partial charge in [-0.1, -0.05) is 18.5 Å². The number of H-pyrrole nitrogens is 1. The molecule has 0 fully saturated rings. The monoisotopic (exact) mass is 325 g/mol. The highest BCUT2D eigenvalue weighted by molar-refractivity contribution is 7.08. The van der Waals surface area contributed by atoms with Crippen molar-refractivity contribution in [1.82, 2.24) is 9.97 Å². The van der Waals surface area contributed by atoms with Gasteiger partial charge in [0.25, 0.3) is 5.56 Å². The topological polar surface area (TPSA) is 74.8 Å². The fourth-order valence-corrected chi connectivity index (χ4v) is 3.24. The largest absolute Gasteiger partial charge is 0.295 e. The van der Waals surface area contributed by atoms with Gasteiger partial charge in [-0.3, -0.25) is 19.9 Å². The predicted octanol–water partition coefficient (Wildman–Crippen LogP) is 2.96. The second-order valence-corrected chi connectivity index (χ2v) is 6.30. The number of carbonyl (C=O) groups is 1. The zero-order valence-electron chi connectivity index (χ0n) is 12.0. The summed E-state index contributed by atoms with van der Waals surface area (Å²) in [5.41, 5.74) is 0.266. The Morgan fingerprint density at radius 3 is 2.76 bits per heavy atom. The first-order valence-electron chi connectivity index (χ1n) is 6.48. The summed E-state index contributed by atoms with van der Waals surface area (Å²) >= 11 is 7.54. The van der Waals surface area contributed by atoms with E-state index in [9.17, 15) is 9.59 Å². The Kier molecular flexibility index (Phi) is 4.49. The van der Waals surface area contributed by atoms with Crippen LogP contribution >= 0.6 is 22.9 Å². The highest BCUT2D eigenvalue weighted by atomic mass is 35.5. The van der Waals surface area contributed by atoms with E-state index in [-0.39, 0.29) is 17.4 Å². The van der Waals surface area contributed by atoms with Gasteiger partial charge in [0.2, 0.25) is 11.9 Å². The van der Waals surface area contributed by atoms with Crippen LogP contribution in [0.2, 0.25) is 5.02 Å². The third kappa shape index (κ3) is 3.33. The van der Waals surface area contributed by atoms with E-state index in [1.165, 1.54) is 17.4 Å². The van der Waals surface area contributed by atoms with Crippen LogP contribution in [0.1, 0.15) is 32.0 Å². The number of nitrogens with one attached hydrogen (secondary N) is 2. The summed E-state index contributed by atoms with van der Waals surface area (Å²) in [6.07, 6.45) is 0.618. The van der Waals surface area contributed by atoms with Crippen molar-refractivity contribution in [1.29, 1.82) is 0 Å². The molecule has 0 unspecified atom stereocenters. The van der Waals surface area contributed by atoms with Gasteiger partial charge >= 0.3 is 0 Å². The predicted molar refractivity (Wildman–Crippen MR) is 85.2 cm³/mol. The van der Waals surface area contributed by atoms with E-state index in [1.807, 2.05) is 12.3 Å². The fraction of sp³-hybridized carbons (Fsp3) is 0.357. The first-order valence-corrected chi connectivity index (χ1v) is 7.80. The molecule has 0 spiro atoms. The number of hydrogen-bond acceptors (Lipinski definition) is 4. The molecule has 0 atom stereocenters. The molecule has 0 aliphatic rings. The number of rotatable bonds is 4. The van der Waals surface area contributed by atoms with Crippen LogP contribution in [0.25, 0.3) is 0 Å². The molecule has 0 bridgehead atoms. The van der Waals surface area contributed by atoms with E-state index in [2.05, 4.69) is 15.3 Å². The first kappa shape index (κ1) is 15.7. The lowest BCUT2D eigenvalue weighted by Crippen LogP contribution is -2.35. The summed E-state index contributed by atoms with van der Waals surface area (Å²) in [6, 6.07) is 1.41. The number of anilines is 1. The van der Waals surface area contributed by atoms with Crippen LogP contribution in [0, 0.1) is 0 Å². The van der Waals surface area contributed by atoms with Crippen molar-refractivity contribution in [2.24, 2.45) is 0 Å². The van der Waals surface area contributed by atoms with E-state index < -0.39 is 5.41 Å². The Morgan fingerprint density at radius 1 is 1.48 bits per heavy atom. The molecule has 0 aliphatic heterocycles. The van der Waals surface area contributed by atoms with Gasteiger partial charge in [-0.2, -0.15) is 11.3 Å². The molecule has 2 aromatic heterocycles. The molecule has 21 heavy (non-hydrogen) atoms. The van der Waals surface area contributed by atoms with Crippen molar-refractivity contribution in [2.75, 3.05) is 5.32 Å². The Labute approximate surface area is 131 Å². The maximum absolute atomic E-state index is 12.5. The van der Waals surface area contributed by atoms with Crippen molar-refractivity contribution in [3.8, 4) is 0 Å². The lowest BCUT2D eigenvalue weighted by Gasteiger charge is -2.23. The third-order valence-corrected chi connectivity index (χ3v) is 4.43. The first-order chi connectivity index (χ1) is 9.84. The molecule has 2 N–H and O–H groups in total. The number of aromatic nitrogens is 2. The Balaban J connectivity index is 2.27. The normalized spacial score (nSPS) is 11.4. The maximum Gasteiger partial charge on any atom is 0.252 e. The van der Waals surface area contributed by atoms with E-state index in [1.54, 1.807) is 19.2 Å². The number of halogens is 1. The van der Waals surface area contributed by atoms with Gasteiger partial charge in [0, 0.05) is 17.1 Å². The van der Waals surface area contributed by atoms with Crippen LogP contribution in [0.4, 0.5) is 5.95 Å². The van der Waals surface area contributed by atoms with Crippen LogP contribution < -0.4 is 10.9 Å². The molecule has 2 rings (SSSR count). The summed E-state index contributed by atoms with van der Waals surface area (Å²) in [6.45, 7) is 5.44. The van der Waals surface area contributed by atoms with E-state index in [0.29, 0.717) is 17.1 Å². The van der Waals surface area contributed by atoms with Crippen molar-refractivity contribution in [3.63, 3.8) is 0 Å². The Hall–Kier alpha value is -1.66. The standard InChI is InChI=1S/C14H16ClN3O2S/c1-4-8-5-11(19)17-13(16-8)18-12(20)14(2,3)9-6-21-7-10(9)15/h5-7H,4H2,1-3H3,(H2,16,17,18,19,20). The van der Waals surface area contributed by atoms with Gasteiger partial charge in [0.05, 0.1) is 10.4 Å². The van der Waals surface area contributed by atoms with E-state index in [0.717, 1.165) is 5.56 Å². The molecule has 0 aromatic carbocycles. The Morgan fingerprint density at radius 2 is 2.19 bits per heavy atom. The number of aryl methyl sites for hydroxylation is 1. The number of aromatic amines is 1. The van der Waals surface area contributed by atoms with Gasteiger partial charge in [-0.25, -0.2) is 4.98 Å². The fourth-order valence-electron chi connectivity index (χ4n) is 1.86. The zero-order valence-corrected chi connectivity index (χ0v) is 13.6. The van der Waals surface area contributed by atoms with Crippen molar-refractivity contribution in [3.05, 3.63) is 43.5 Å². The number of thiophene rings is 1. The summed E-state index contributed by atoms with van der Waals surface area (Å²) in [7, 11) is 0. The van der Waals surface area contributed by atoms with Crippen molar-refractivity contribution >= 4 is 34.8 Å². The highest BCUT2D eigenvalue weighted by Crippen LogP contribution is 2.33. The number of hydrogen-bond donors (Lipinski definition) is 2. The van der Waals surface area contributed by atoms with Crippen molar-refractivity contribution in [2.45, 2.75) is 32.6 Å². The van der Waals surface area contributed by atoms with E-state index in [4.69, 9.17) is 11.6 Å². The molecule has 112 valence electrons. The minimum Gasteiger partial charge on any atom is -0.295 e. The summed E-state index contributed by atoms with van der Waals surface area (Å²) in [4.78, 5) is 30.7. The lowest BCUT2D eigenvalue weighted by molar-refractivity contribution is -0.120. The quantitative estimate of drug-likeness (QED) is 0.907. The minimum atomic E-state index is -0.822. The van der Waals surface area contributed by atoms with Gasteiger partial charge in [0.15, 0.2) is 0 Å². The molecular formula is C14H16ClN3O2S. The summed E-state index contributed by atoms with van der Waals surface area (Å²) in [5, 5.41) is 6.84. The van der Waals surface area contributed by atoms with Gasteiger partial charge in [-0.15, -0.1) is 0 Å².